The van der Waals surface area contributed by atoms with E-state index in [1.165, 1.54) is 25.2 Å². The fourth-order valence-electron chi connectivity index (χ4n) is 0.716. The van der Waals surface area contributed by atoms with E-state index in [-0.39, 0.29) is 11.6 Å². The van der Waals surface area contributed by atoms with Gasteiger partial charge in [-0.3, -0.25) is 9.59 Å². The van der Waals surface area contributed by atoms with E-state index in [4.69, 9.17) is 0 Å². The molecule has 0 saturated carbocycles. The third-order valence-electron chi connectivity index (χ3n) is 1.30. The second-order valence-electron chi connectivity index (χ2n) is 2.28. The predicted octanol–water partition coefficient (Wildman–Crippen LogP) is 2.15. The number of carbonyl (C=O) groups is 2. The zero-order valence-corrected chi connectivity index (χ0v) is 7.20. The summed E-state index contributed by atoms with van der Waals surface area (Å²) in [6, 6.07) is 3.37. The van der Waals surface area contributed by atoms with E-state index in [1.54, 1.807) is 12.1 Å². The minimum absolute atomic E-state index is 0.0162. The normalized spacial score (nSPS) is 9.64. The number of hydrogen-bond donors (Lipinski definition) is 0. The van der Waals surface area contributed by atoms with Crippen LogP contribution in [0.4, 0.5) is 0 Å². The van der Waals surface area contributed by atoms with Gasteiger partial charge in [0.1, 0.15) is 0 Å². The maximum Gasteiger partial charge on any atom is 0.169 e. The highest BCUT2D eigenvalue weighted by Crippen LogP contribution is 2.16. The van der Waals surface area contributed by atoms with Crippen LogP contribution in [0.2, 0.25) is 0 Å². The first-order valence-corrected chi connectivity index (χ1v) is 4.04. The second-order valence-corrected chi connectivity index (χ2v) is 3.36. The summed E-state index contributed by atoms with van der Waals surface area (Å²) in [4.78, 5) is 22.9. The Morgan fingerprint density at radius 2 is 1.45 bits per heavy atom. The molecule has 0 aliphatic heterocycles. The van der Waals surface area contributed by atoms with Crippen molar-refractivity contribution >= 4 is 22.9 Å². The number of thiophene rings is 1. The lowest BCUT2D eigenvalue weighted by atomic mass is 10.3. The van der Waals surface area contributed by atoms with Gasteiger partial charge in [-0.05, 0) is 26.0 Å². The first-order chi connectivity index (χ1) is 5.11. The number of hydrogen-bond acceptors (Lipinski definition) is 3. The van der Waals surface area contributed by atoms with Gasteiger partial charge in [-0.2, -0.15) is 0 Å². The minimum Gasteiger partial charge on any atom is -0.294 e. The molecule has 0 aliphatic carbocycles. The van der Waals surface area contributed by atoms with E-state index in [1.807, 2.05) is 0 Å². The molecular formula is C8H8O2S. The SMILES string of the molecule is CC(=O)c1ccc(C(C)=O)s1. The van der Waals surface area contributed by atoms with Crippen LogP contribution in [0.15, 0.2) is 12.1 Å². The Balaban J connectivity index is 2.99. The minimum atomic E-state index is 0.0162. The third kappa shape index (κ3) is 1.74. The average Bonchev–Trinajstić information content (AvgIpc) is 2.33. The van der Waals surface area contributed by atoms with Crippen LogP contribution in [0.25, 0.3) is 0 Å². The summed E-state index contributed by atoms with van der Waals surface area (Å²) in [6.45, 7) is 2.99. The Morgan fingerprint density at radius 1 is 1.09 bits per heavy atom. The summed E-state index contributed by atoms with van der Waals surface area (Å²) in [5.74, 6) is 0.0324. The van der Waals surface area contributed by atoms with Crippen LogP contribution in [0.3, 0.4) is 0 Å². The van der Waals surface area contributed by atoms with Gasteiger partial charge in [0.25, 0.3) is 0 Å². The zero-order chi connectivity index (χ0) is 8.43. The number of carbonyl (C=O) groups excluding carboxylic acids is 2. The molecule has 2 nitrogen and oxygen atoms in total. The Labute approximate surface area is 68.9 Å². The molecule has 11 heavy (non-hydrogen) atoms. The Kier molecular flexibility index (Phi) is 2.19. The van der Waals surface area contributed by atoms with Crippen LogP contribution in [-0.4, -0.2) is 11.6 Å². The van der Waals surface area contributed by atoms with Crippen LogP contribution in [-0.2, 0) is 0 Å². The van der Waals surface area contributed by atoms with Crippen LogP contribution >= 0.6 is 11.3 Å². The molecule has 0 aromatic carbocycles. The van der Waals surface area contributed by atoms with Crippen molar-refractivity contribution < 1.29 is 9.59 Å². The molecule has 3 heteroatoms. The van der Waals surface area contributed by atoms with Gasteiger partial charge in [-0.25, -0.2) is 0 Å². The first-order valence-electron chi connectivity index (χ1n) is 3.23. The van der Waals surface area contributed by atoms with Gasteiger partial charge < -0.3 is 0 Å². The Bertz CT molecular complexity index is 270. The van der Waals surface area contributed by atoms with Gasteiger partial charge >= 0.3 is 0 Å². The summed E-state index contributed by atoms with van der Waals surface area (Å²) in [6.07, 6.45) is 0. The largest absolute Gasteiger partial charge is 0.294 e. The van der Waals surface area contributed by atoms with Crippen molar-refractivity contribution in [3.8, 4) is 0 Å². The highest BCUT2D eigenvalue weighted by Gasteiger charge is 2.06. The third-order valence-corrected chi connectivity index (χ3v) is 2.59. The van der Waals surface area contributed by atoms with Crippen molar-refractivity contribution in [2.75, 3.05) is 0 Å². The molecule has 0 unspecified atom stereocenters. The maximum atomic E-state index is 10.8. The van der Waals surface area contributed by atoms with E-state index in [9.17, 15) is 9.59 Å². The smallest absolute Gasteiger partial charge is 0.169 e. The van der Waals surface area contributed by atoms with Gasteiger partial charge in [0.15, 0.2) is 11.6 Å². The van der Waals surface area contributed by atoms with Gasteiger partial charge in [0, 0.05) is 0 Å². The molecule has 0 aliphatic rings. The van der Waals surface area contributed by atoms with E-state index < -0.39 is 0 Å². The summed E-state index contributed by atoms with van der Waals surface area (Å²) >= 11 is 1.25. The van der Waals surface area contributed by atoms with Crippen LogP contribution in [0.1, 0.15) is 33.2 Å². The van der Waals surface area contributed by atoms with Crippen molar-refractivity contribution in [3.05, 3.63) is 21.9 Å². The van der Waals surface area contributed by atoms with E-state index in [2.05, 4.69) is 0 Å². The topological polar surface area (TPSA) is 34.1 Å². The average molecular weight is 168 g/mol. The zero-order valence-electron chi connectivity index (χ0n) is 6.38. The Hall–Kier alpha value is -0.960. The molecule has 0 bridgehead atoms. The quantitative estimate of drug-likeness (QED) is 0.634. The second kappa shape index (κ2) is 2.96. The molecule has 0 atom stereocenters. The fourth-order valence-corrected chi connectivity index (χ4v) is 1.51. The van der Waals surface area contributed by atoms with Crippen LogP contribution < -0.4 is 0 Å². The van der Waals surface area contributed by atoms with Crippen LogP contribution in [0.5, 0.6) is 0 Å². The lowest BCUT2D eigenvalue weighted by Gasteiger charge is -1.84. The van der Waals surface area contributed by atoms with Crippen LogP contribution in [0, 0.1) is 0 Å². The standard InChI is InChI=1S/C8H8O2S/c1-5(9)7-3-4-8(11-7)6(2)10/h3-4H,1-2H3. The number of rotatable bonds is 2. The number of ketones is 2. The number of Topliss-reactive ketones (excluding diaryl/α,β-unsaturated/α-hetero) is 2. The van der Waals surface area contributed by atoms with Crippen molar-refractivity contribution in [1.29, 1.82) is 0 Å². The fraction of sp³-hybridized carbons (Fsp3) is 0.250. The predicted molar refractivity (Wildman–Crippen MR) is 44.3 cm³/mol. The van der Waals surface area contributed by atoms with E-state index in [0.717, 1.165) is 0 Å². The van der Waals surface area contributed by atoms with Crippen molar-refractivity contribution in [2.45, 2.75) is 13.8 Å². The molecule has 0 amide bonds. The summed E-state index contributed by atoms with van der Waals surface area (Å²) in [5, 5.41) is 0. The molecule has 1 aromatic heterocycles. The summed E-state index contributed by atoms with van der Waals surface area (Å²) in [5.41, 5.74) is 0. The maximum absolute atomic E-state index is 10.8. The highest BCUT2D eigenvalue weighted by molar-refractivity contribution is 7.15. The van der Waals surface area contributed by atoms with Crippen molar-refractivity contribution in [1.82, 2.24) is 0 Å². The van der Waals surface area contributed by atoms with Crippen molar-refractivity contribution in [3.63, 3.8) is 0 Å². The molecule has 0 saturated heterocycles. The first kappa shape index (κ1) is 8.14. The summed E-state index contributed by atoms with van der Waals surface area (Å²) < 4.78 is 0. The molecule has 1 rings (SSSR count). The molecule has 1 heterocycles. The highest BCUT2D eigenvalue weighted by atomic mass is 32.1. The molecular weight excluding hydrogens is 160 g/mol. The lowest BCUT2D eigenvalue weighted by molar-refractivity contribution is 0.101. The van der Waals surface area contributed by atoms with Gasteiger partial charge in [-0.15, -0.1) is 11.3 Å². The summed E-state index contributed by atoms with van der Waals surface area (Å²) in [7, 11) is 0. The van der Waals surface area contributed by atoms with Gasteiger partial charge in [0.2, 0.25) is 0 Å². The van der Waals surface area contributed by atoms with E-state index in [0.29, 0.717) is 9.75 Å². The van der Waals surface area contributed by atoms with Gasteiger partial charge in [0.05, 0.1) is 9.75 Å². The molecule has 0 spiro atoms. The van der Waals surface area contributed by atoms with Crippen molar-refractivity contribution in [2.24, 2.45) is 0 Å². The molecule has 1 aromatic rings. The molecule has 58 valence electrons. The Morgan fingerprint density at radius 3 is 1.64 bits per heavy atom. The molecule has 0 radical (unpaired) electrons. The lowest BCUT2D eigenvalue weighted by Crippen LogP contribution is -1.85. The van der Waals surface area contributed by atoms with Gasteiger partial charge in [-0.1, -0.05) is 0 Å². The van der Waals surface area contributed by atoms with E-state index >= 15 is 0 Å². The molecule has 0 N–H and O–H groups in total. The monoisotopic (exact) mass is 168 g/mol. The molecule has 0 fully saturated rings.